The van der Waals surface area contributed by atoms with Crippen LogP contribution in [0.1, 0.15) is 0 Å². The Bertz CT molecular complexity index is 860. The number of fused-ring (bicyclic) bond motifs is 3. The summed E-state index contributed by atoms with van der Waals surface area (Å²) in [7, 11) is 0. The maximum atomic E-state index is 8.02. The molecule has 0 amide bonds. The number of aromatic nitrogens is 2. The molecule has 1 aromatic carbocycles. The molecule has 1 aromatic heterocycles. The van der Waals surface area contributed by atoms with Crippen molar-refractivity contribution in [3.63, 3.8) is 0 Å². The van der Waals surface area contributed by atoms with Gasteiger partial charge in [-0.2, -0.15) is 0 Å². The van der Waals surface area contributed by atoms with E-state index in [9.17, 15) is 0 Å². The van der Waals surface area contributed by atoms with E-state index in [1.807, 2.05) is 30.5 Å². The fraction of sp³-hybridized carbons (Fsp3) is 0. The molecule has 2 N–H and O–H groups in total. The second-order valence-corrected chi connectivity index (χ2v) is 4.26. The van der Waals surface area contributed by atoms with Crippen LogP contribution in [0.3, 0.4) is 0 Å². The zero-order valence-electron chi connectivity index (χ0n) is 9.07. The van der Waals surface area contributed by atoms with Crippen LogP contribution in [-0.2, 0) is 0 Å². The first-order valence-corrected chi connectivity index (χ1v) is 5.57. The molecule has 3 nitrogen and oxygen atoms in total. The summed E-state index contributed by atoms with van der Waals surface area (Å²) in [5, 5.41) is 3.49. The highest BCUT2D eigenvalue weighted by Crippen LogP contribution is 2.39. The van der Waals surface area contributed by atoms with Crippen molar-refractivity contribution in [2.75, 3.05) is 0 Å². The molecule has 2 heterocycles. The summed E-state index contributed by atoms with van der Waals surface area (Å²) in [6, 6.07) is 12.3. The van der Waals surface area contributed by atoms with Gasteiger partial charge in [0.25, 0.3) is 5.52 Å². The van der Waals surface area contributed by atoms with Crippen LogP contribution in [0.15, 0.2) is 48.8 Å². The largest absolute Gasteiger partial charge is 0.360 e. The lowest BCUT2D eigenvalue weighted by atomic mass is 10.1. The van der Waals surface area contributed by atoms with Crippen LogP contribution in [0.5, 0.6) is 0 Å². The number of benzene rings is 1. The fourth-order valence-electron chi connectivity index (χ4n) is 2.64. The molecule has 2 aliphatic rings. The summed E-state index contributed by atoms with van der Waals surface area (Å²) in [6.07, 6.45) is 3.75. The fourth-order valence-corrected chi connectivity index (χ4v) is 2.64. The van der Waals surface area contributed by atoms with E-state index in [-0.39, 0.29) is 0 Å². The van der Waals surface area contributed by atoms with Gasteiger partial charge in [0.05, 0.1) is 16.6 Å². The van der Waals surface area contributed by atoms with Gasteiger partial charge >= 0.3 is 0 Å². The Hall–Kier alpha value is -2.42. The SMILES string of the molecule is N=[n+]1ccc2cc[nH]c3c4ccccc4c1c2-3. The van der Waals surface area contributed by atoms with Gasteiger partial charge in [0, 0.05) is 17.6 Å². The van der Waals surface area contributed by atoms with E-state index in [1.54, 1.807) is 6.20 Å². The van der Waals surface area contributed by atoms with E-state index in [2.05, 4.69) is 17.1 Å². The van der Waals surface area contributed by atoms with E-state index in [0.29, 0.717) is 0 Å². The molecule has 1 aliphatic heterocycles. The second kappa shape index (κ2) is 2.83. The third-order valence-electron chi connectivity index (χ3n) is 3.36. The van der Waals surface area contributed by atoms with Crippen LogP contribution < -0.4 is 4.36 Å². The molecule has 0 saturated heterocycles. The van der Waals surface area contributed by atoms with Crippen LogP contribution in [0.25, 0.3) is 32.9 Å². The molecule has 1 aliphatic carbocycles. The summed E-state index contributed by atoms with van der Waals surface area (Å²) < 4.78 is 1.45. The quantitative estimate of drug-likeness (QED) is 0.428. The van der Waals surface area contributed by atoms with Crippen LogP contribution >= 0.6 is 0 Å². The zero-order chi connectivity index (χ0) is 11.4. The van der Waals surface area contributed by atoms with Gasteiger partial charge in [-0.15, -0.1) is 0 Å². The average Bonchev–Trinajstić information content (AvgIpc) is 2.71. The molecule has 0 bridgehead atoms. The van der Waals surface area contributed by atoms with Gasteiger partial charge in [0.2, 0.25) is 6.20 Å². The van der Waals surface area contributed by atoms with Gasteiger partial charge in [-0.25, -0.2) is 0 Å². The highest BCUT2D eigenvalue weighted by molar-refractivity contribution is 6.17. The van der Waals surface area contributed by atoms with E-state index in [4.69, 9.17) is 5.53 Å². The van der Waals surface area contributed by atoms with Gasteiger partial charge in [-0.1, -0.05) is 22.6 Å². The second-order valence-electron chi connectivity index (χ2n) is 4.26. The monoisotopic (exact) mass is 220 g/mol. The summed E-state index contributed by atoms with van der Waals surface area (Å²) in [5.41, 5.74) is 11.3. The number of H-pyrrole nitrogens is 1. The maximum absolute atomic E-state index is 8.02. The lowest BCUT2D eigenvalue weighted by molar-refractivity contribution is -0.543. The van der Waals surface area contributed by atoms with Crippen molar-refractivity contribution in [2.45, 2.75) is 0 Å². The average molecular weight is 220 g/mol. The van der Waals surface area contributed by atoms with Gasteiger partial charge < -0.3 is 4.98 Å². The van der Waals surface area contributed by atoms with Crippen LogP contribution in [0.2, 0.25) is 0 Å². The van der Waals surface area contributed by atoms with Crippen molar-refractivity contribution < 1.29 is 4.36 Å². The smallest absolute Gasteiger partial charge is 0.255 e. The highest BCUT2D eigenvalue weighted by atomic mass is 15.0. The Labute approximate surface area is 97.1 Å². The first kappa shape index (κ1) is 8.70. The molecule has 0 atom stereocenters. The normalized spacial score (nSPS) is 11.8. The summed E-state index contributed by atoms with van der Waals surface area (Å²) >= 11 is 0. The highest BCUT2D eigenvalue weighted by Gasteiger charge is 2.23. The Balaban J connectivity index is 2.49. The molecule has 0 spiro atoms. The first-order chi connectivity index (χ1) is 8.36. The van der Waals surface area contributed by atoms with Gasteiger partial charge in [0.15, 0.2) is 0 Å². The van der Waals surface area contributed by atoms with Crippen molar-refractivity contribution in [3.05, 3.63) is 48.8 Å². The lowest BCUT2D eigenvalue weighted by Gasteiger charge is -2.00. The number of pyridine rings is 2. The third-order valence-corrected chi connectivity index (χ3v) is 3.36. The molecule has 0 unspecified atom stereocenters. The summed E-state index contributed by atoms with van der Waals surface area (Å²) in [4.78, 5) is 3.30. The number of nitrogens with one attached hydrogen (secondary N) is 2. The van der Waals surface area contributed by atoms with Crippen molar-refractivity contribution in [1.82, 2.24) is 4.98 Å². The maximum Gasteiger partial charge on any atom is 0.255 e. The predicted molar refractivity (Wildman–Crippen MR) is 66.3 cm³/mol. The molecule has 80 valence electrons. The van der Waals surface area contributed by atoms with Gasteiger partial charge in [-0.3, -0.25) is 0 Å². The topological polar surface area (TPSA) is 45.5 Å². The minimum atomic E-state index is 0.977. The number of nitrogens with zero attached hydrogens (tertiary/aromatic N) is 1. The summed E-state index contributed by atoms with van der Waals surface area (Å²) in [5.74, 6) is 0. The Morgan fingerprint density at radius 3 is 2.71 bits per heavy atom. The van der Waals surface area contributed by atoms with Crippen molar-refractivity contribution in [1.29, 1.82) is 5.53 Å². The Morgan fingerprint density at radius 1 is 1.00 bits per heavy atom. The number of aromatic amines is 1. The van der Waals surface area contributed by atoms with Crippen molar-refractivity contribution in [2.24, 2.45) is 0 Å². The summed E-state index contributed by atoms with van der Waals surface area (Å²) in [6.45, 7) is 0. The van der Waals surface area contributed by atoms with Crippen LogP contribution in [-0.4, -0.2) is 4.98 Å². The number of hydrogen-bond acceptors (Lipinski definition) is 1. The van der Waals surface area contributed by atoms with Gasteiger partial charge in [-0.05, 0) is 23.1 Å². The van der Waals surface area contributed by atoms with Crippen molar-refractivity contribution >= 4 is 21.7 Å². The number of hydrogen-bond donors (Lipinski definition) is 2. The van der Waals surface area contributed by atoms with Crippen LogP contribution in [0, 0.1) is 5.53 Å². The Morgan fingerprint density at radius 2 is 1.82 bits per heavy atom. The predicted octanol–water partition coefficient (Wildman–Crippen LogP) is 3.04. The van der Waals surface area contributed by atoms with E-state index < -0.39 is 0 Å². The minimum absolute atomic E-state index is 0.977. The molecule has 0 fully saturated rings. The molecule has 2 aromatic rings. The van der Waals surface area contributed by atoms with E-state index in [0.717, 1.165) is 22.2 Å². The molecule has 0 radical (unpaired) electrons. The molecule has 17 heavy (non-hydrogen) atoms. The van der Waals surface area contributed by atoms with E-state index in [1.165, 1.54) is 15.1 Å². The van der Waals surface area contributed by atoms with Gasteiger partial charge in [0.1, 0.15) is 0 Å². The molecular weight excluding hydrogens is 210 g/mol. The van der Waals surface area contributed by atoms with E-state index >= 15 is 0 Å². The molecular formula is C14H10N3+. The molecule has 3 heteroatoms. The zero-order valence-corrected chi connectivity index (χ0v) is 9.07. The third kappa shape index (κ3) is 0.959. The standard InChI is InChI=1S/C14H10N3/c15-17-8-6-9-5-7-16-13-10-3-1-2-4-11(10)14(17)12(9)13/h1-8,15-16H/q+1. The first-order valence-electron chi connectivity index (χ1n) is 5.57. The molecule has 0 saturated carbocycles. The van der Waals surface area contributed by atoms with Crippen LogP contribution in [0.4, 0.5) is 0 Å². The Kier molecular flexibility index (Phi) is 1.45. The lowest BCUT2D eigenvalue weighted by Crippen LogP contribution is -2.13. The number of rotatable bonds is 0. The molecule has 4 rings (SSSR count). The minimum Gasteiger partial charge on any atom is -0.360 e. The van der Waals surface area contributed by atoms with Crippen molar-refractivity contribution in [3.8, 4) is 11.3 Å².